The van der Waals surface area contributed by atoms with Gasteiger partial charge in [0.1, 0.15) is 11.9 Å². The fourth-order valence-corrected chi connectivity index (χ4v) is 5.21. The van der Waals surface area contributed by atoms with Gasteiger partial charge in [-0.1, -0.05) is 23.5 Å². The van der Waals surface area contributed by atoms with Crippen LogP contribution in [0.5, 0.6) is 5.88 Å². The summed E-state index contributed by atoms with van der Waals surface area (Å²) in [7, 11) is 0. The summed E-state index contributed by atoms with van der Waals surface area (Å²) in [4.78, 5) is 18.8. The van der Waals surface area contributed by atoms with E-state index in [2.05, 4.69) is 51.0 Å². The lowest BCUT2D eigenvalue weighted by Gasteiger charge is -2.23. The molecule has 3 aromatic rings. The van der Waals surface area contributed by atoms with Crippen molar-refractivity contribution in [2.45, 2.75) is 32.8 Å². The van der Waals surface area contributed by atoms with E-state index in [0.29, 0.717) is 0 Å². The summed E-state index contributed by atoms with van der Waals surface area (Å²) in [6.45, 7) is 9.14. The van der Waals surface area contributed by atoms with Gasteiger partial charge < -0.3 is 9.64 Å². The highest BCUT2D eigenvalue weighted by molar-refractivity contribution is 7.22. The second kappa shape index (κ2) is 7.29. The van der Waals surface area contributed by atoms with Gasteiger partial charge in [-0.25, -0.2) is 9.97 Å². The molecule has 2 aliphatic heterocycles. The van der Waals surface area contributed by atoms with Crippen LogP contribution in [-0.4, -0.2) is 58.7 Å². The van der Waals surface area contributed by atoms with E-state index in [4.69, 9.17) is 9.72 Å². The summed E-state index contributed by atoms with van der Waals surface area (Å²) in [5.41, 5.74) is 3.34. The maximum atomic E-state index is 6.15. The lowest BCUT2D eigenvalue weighted by molar-refractivity contribution is 0.152. The number of hydrogen-bond acceptors (Lipinski definition) is 7. The number of rotatable bonds is 3. The van der Waals surface area contributed by atoms with Crippen LogP contribution in [0.2, 0.25) is 0 Å². The topological polar surface area (TPSA) is 54.4 Å². The Morgan fingerprint density at radius 3 is 2.86 bits per heavy atom. The Labute approximate surface area is 169 Å². The number of benzene rings is 1. The second-order valence-corrected chi connectivity index (χ2v) is 8.70. The first-order valence-electron chi connectivity index (χ1n) is 9.99. The molecule has 0 spiro atoms. The molecule has 5 rings (SSSR count). The largest absolute Gasteiger partial charge is 0.472 e. The van der Waals surface area contributed by atoms with Crippen LogP contribution in [0.4, 0.5) is 5.13 Å². The molecule has 4 heterocycles. The van der Waals surface area contributed by atoms with Gasteiger partial charge in [-0.3, -0.25) is 4.90 Å². The van der Waals surface area contributed by atoms with Crippen molar-refractivity contribution in [3.05, 3.63) is 41.3 Å². The van der Waals surface area contributed by atoms with Gasteiger partial charge in [0.15, 0.2) is 5.13 Å². The van der Waals surface area contributed by atoms with E-state index >= 15 is 0 Å². The van der Waals surface area contributed by atoms with E-state index in [0.717, 1.165) is 73.6 Å². The molecule has 0 radical (unpaired) electrons. The van der Waals surface area contributed by atoms with Crippen molar-refractivity contribution in [1.29, 1.82) is 0 Å². The number of fused-ring (bicyclic) bond motifs is 2. The zero-order chi connectivity index (χ0) is 19.1. The van der Waals surface area contributed by atoms with Crippen molar-refractivity contribution in [2.75, 3.05) is 37.6 Å². The van der Waals surface area contributed by atoms with E-state index in [1.807, 2.05) is 6.92 Å². The molecule has 0 saturated carbocycles. The van der Waals surface area contributed by atoms with Crippen LogP contribution in [0, 0.1) is 13.8 Å². The molecule has 1 fully saturated rings. The molecule has 0 bridgehead atoms. The quantitative estimate of drug-likeness (QED) is 0.679. The SMILES string of the molecule is Cc1nc(C)c2c(n1)OC(CN1CCCN(c3nc4ccccc4s3)CC1)C2. The monoisotopic (exact) mass is 395 g/mol. The van der Waals surface area contributed by atoms with Crippen molar-refractivity contribution in [2.24, 2.45) is 0 Å². The molecule has 0 N–H and O–H groups in total. The summed E-state index contributed by atoms with van der Waals surface area (Å²) >= 11 is 1.80. The number of ether oxygens (including phenoxy) is 1. The Balaban J connectivity index is 1.22. The number of nitrogens with zero attached hydrogens (tertiary/aromatic N) is 5. The molecule has 2 aliphatic rings. The Bertz CT molecular complexity index is 971. The standard InChI is InChI=1S/C21H25N5OS/c1-14-17-12-16(27-20(17)23-15(2)22-14)13-25-8-5-9-26(11-10-25)21-24-18-6-3-4-7-19(18)28-21/h3-4,6-7,16H,5,8-13H2,1-2H3. The molecule has 1 aromatic carbocycles. The van der Waals surface area contributed by atoms with E-state index < -0.39 is 0 Å². The summed E-state index contributed by atoms with van der Waals surface area (Å²) in [6, 6.07) is 8.40. The van der Waals surface area contributed by atoms with Gasteiger partial charge in [-0.05, 0) is 32.4 Å². The summed E-state index contributed by atoms with van der Waals surface area (Å²) in [6.07, 6.45) is 2.24. The van der Waals surface area contributed by atoms with E-state index in [1.165, 1.54) is 10.3 Å². The second-order valence-electron chi connectivity index (χ2n) is 7.69. The van der Waals surface area contributed by atoms with Crippen molar-refractivity contribution in [3.8, 4) is 5.88 Å². The minimum Gasteiger partial charge on any atom is -0.472 e. The first kappa shape index (κ1) is 17.8. The molecule has 1 unspecified atom stereocenters. The maximum absolute atomic E-state index is 6.15. The lowest BCUT2D eigenvalue weighted by atomic mass is 10.1. The van der Waals surface area contributed by atoms with Gasteiger partial charge in [0.05, 0.1) is 10.2 Å². The minimum atomic E-state index is 0.179. The third kappa shape index (κ3) is 3.44. The fourth-order valence-electron chi connectivity index (χ4n) is 4.19. The first-order chi connectivity index (χ1) is 13.7. The molecule has 7 heteroatoms. The zero-order valence-corrected chi connectivity index (χ0v) is 17.2. The highest BCUT2D eigenvalue weighted by Crippen LogP contribution is 2.31. The van der Waals surface area contributed by atoms with Crippen LogP contribution < -0.4 is 9.64 Å². The third-order valence-corrected chi connectivity index (χ3v) is 6.70. The predicted octanol–water partition coefficient (Wildman–Crippen LogP) is 3.22. The number of aryl methyl sites for hydroxylation is 2. The molecule has 1 atom stereocenters. The van der Waals surface area contributed by atoms with Gasteiger partial charge in [0.25, 0.3) is 0 Å². The fraction of sp³-hybridized carbons (Fsp3) is 0.476. The van der Waals surface area contributed by atoms with Crippen LogP contribution in [0.25, 0.3) is 10.2 Å². The highest BCUT2D eigenvalue weighted by Gasteiger charge is 2.29. The highest BCUT2D eigenvalue weighted by atomic mass is 32.1. The maximum Gasteiger partial charge on any atom is 0.220 e. The van der Waals surface area contributed by atoms with Crippen LogP contribution in [0.15, 0.2) is 24.3 Å². The molecule has 146 valence electrons. The Morgan fingerprint density at radius 2 is 1.96 bits per heavy atom. The van der Waals surface area contributed by atoms with Crippen LogP contribution >= 0.6 is 11.3 Å². The van der Waals surface area contributed by atoms with Gasteiger partial charge in [0, 0.05) is 50.4 Å². The van der Waals surface area contributed by atoms with Crippen LogP contribution in [-0.2, 0) is 6.42 Å². The first-order valence-corrected chi connectivity index (χ1v) is 10.8. The van der Waals surface area contributed by atoms with Crippen molar-refractivity contribution >= 4 is 26.7 Å². The normalized spacial score (nSPS) is 20.2. The molecular weight excluding hydrogens is 370 g/mol. The molecule has 1 saturated heterocycles. The van der Waals surface area contributed by atoms with Crippen molar-refractivity contribution < 1.29 is 4.74 Å². The van der Waals surface area contributed by atoms with E-state index in [1.54, 1.807) is 11.3 Å². The summed E-state index contributed by atoms with van der Waals surface area (Å²) in [5.74, 6) is 1.58. The van der Waals surface area contributed by atoms with Gasteiger partial charge in [0.2, 0.25) is 5.88 Å². The third-order valence-electron chi connectivity index (χ3n) is 5.60. The number of thiazole rings is 1. The van der Waals surface area contributed by atoms with E-state index in [9.17, 15) is 0 Å². The Hall–Kier alpha value is -2.25. The minimum absolute atomic E-state index is 0.179. The summed E-state index contributed by atoms with van der Waals surface area (Å²) in [5, 5.41) is 1.15. The Kier molecular flexibility index (Phi) is 4.64. The smallest absolute Gasteiger partial charge is 0.220 e. The average Bonchev–Trinajstić information content (AvgIpc) is 3.20. The predicted molar refractivity (Wildman–Crippen MR) is 113 cm³/mol. The molecule has 0 aliphatic carbocycles. The average molecular weight is 396 g/mol. The number of anilines is 1. The molecular formula is C21H25N5OS. The number of aromatic nitrogens is 3. The number of hydrogen-bond donors (Lipinski definition) is 0. The van der Waals surface area contributed by atoms with Gasteiger partial charge >= 0.3 is 0 Å². The molecule has 6 nitrogen and oxygen atoms in total. The lowest BCUT2D eigenvalue weighted by Crippen LogP contribution is -2.37. The molecule has 28 heavy (non-hydrogen) atoms. The zero-order valence-electron chi connectivity index (χ0n) is 16.4. The Morgan fingerprint density at radius 1 is 1.07 bits per heavy atom. The van der Waals surface area contributed by atoms with Gasteiger partial charge in [-0.15, -0.1) is 0 Å². The van der Waals surface area contributed by atoms with Crippen molar-refractivity contribution in [1.82, 2.24) is 19.9 Å². The van der Waals surface area contributed by atoms with Crippen LogP contribution in [0.1, 0.15) is 23.5 Å². The van der Waals surface area contributed by atoms with Gasteiger partial charge in [-0.2, -0.15) is 4.98 Å². The molecule has 0 amide bonds. The number of para-hydroxylation sites is 1. The summed E-state index contributed by atoms with van der Waals surface area (Å²) < 4.78 is 7.41. The van der Waals surface area contributed by atoms with Crippen LogP contribution in [0.3, 0.4) is 0 Å². The van der Waals surface area contributed by atoms with Crippen molar-refractivity contribution in [3.63, 3.8) is 0 Å². The van der Waals surface area contributed by atoms with E-state index in [-0.39, 0.29) is 6.10 Å². The molecule has 2 aromatic heterocycles.